The average Bonchev–Trinajstić information content (AvgIpc) is 2.54. The van der Waals surface area contributed by atoms with Crippen molar-refractivity contribution in [3.8, 4) is 0 Å². The van der Waals surface area contributed by atoms with Crippen LogP contribution in [-0.2, 0) is 6.54 Å². The molecule has 1 fully saturated rings. The predicted octanol–water partition coefficient (Wildman–Crippen LogP) is 3.10. The molecule has 1 aliphatic carbocycles. The Kier molecular flexibility index (Phi) is 3.51. The molecule has 1 heterocycles. The molecule has 3 nitrogen and oxygen atoms in total. The van der Waals surface area contributed by atoms with Gasteiger partial charge in [-0.3, -0.25) is 4.79 Å². The molecule has 3 heteroatoms. The molecule has 0 aliphatic heterocycles. The van der Waals surface area contributed by atoms with E-state index in [1.54, 1.807) is 10.6 Å². The van der Waals surface area contributed by atoms with Crippen molar-refractivity contribution in [1.82, 2.24) is 4.57 Å². The highest BCUT2D eigenvalue weighted by Crippen LogP contribution is 2.41. The van der Waals surface area contributed by atoms with Gasteiger partial charge in [0.15, 0.2) is 0 Å². The van der Waals surface area contributed by atoms with E-state index in [4.69, 9.17) is 0 Å². The highest BCUT2D eigenvalue weighted by Gasteiger charge is 2.36. The van der Waals surface area contributed by atoms with E-state index < -0.39 is 0 Å². The quantitative estimate of drug-likeness (QED) is 0.892. The molecule has 0 spiro atoms. The van der Waals surface area contributed by atoms with Gasteiger partial charge >= 0.3 is 0 Å². The topological polar surface area (TPSA) is 34.0 Å². The van der Waals surface area contributed by atoms with Crippen LogP contribution in [0.1, 0.15) is 40.5 Å². The summed E-state index contributed by atoms with van der Waals surface area (Å²) in [6, 6.07) is 4.06. The first-order valence-corrected chi connectivity index (χ1v) is 6.88. The van der Waals surface area contributed by atoms with Crippen molar-refractivity contribution in [2.24, 2.45) is 11.3 Å². The van der Waals surface area contributed by atoms with Crippen LogP contribution in [0, 0.1) is 11.3 Å². The Bertz CT molecular complexity index is 476. The third kappa shape index (κ3) is 2.77. The van der Waals surface area contributed by atoms with Crippen LogP contribution in [0.15, 0.2) is 23.1 Å². The molecule has 2 rings (SSSR count). The number of hydrogen-bond donors (Lipinski definition) is 1. The first kappa shape index (κ1) is 13.2. The van der Waals surface area contributed by atoms with Crippen LogP contribution in [0.2, 0.25) is 0 Å². The Hall–Kier alpha value is -1.25. The van der Waals surface area contributed by atoms with Gasteiger partial charge < -0.3 is 9.88 Å². The molecule has 18 heavy (non-hydrogen) atoms. The summed E-state index contributed by atoms with van der Waals surface area (Å²) >= 11 is 0. The lowest BCUT2D eigenvalue weighted by Gasteiger charge is -2.20. The first-order chi connectivity index (χ1) is 8.41. The third-order valence-electron chi connectivity index (χ3n) is 4.01. The normalized spacial score (nSPS) is 26.2. The molecule has 2 unspecified atom stereocenters. The molecule has 100 valence electrons. The molecule has 0 amide bonds. The largest absolute Gasteiger partial charge is 0.381 e. The lowest BCUT2D eigenvalue weighted by Crippen LogP contribution is -2.24. The van der Waals surface area contributed by atoms with Crippen LogP contribution in [0.4, 0.5) is 5.69 Å². The summed E-state index contributed by atoms with van der Waals surface area (Å²) in [6.07, 6.45) is 4.39. The second-order valence-electron chi connectivity index (χ2n) is 6.34. The number of rotatable bonds is 3. The average molecular weight is 248 g/mol. The maximum atomic E-state index is 11.5. The van der Waals surface area contributed by atoms with E-state index in [1.165, 1.54) is 12.8 Å². The SMILES string of the molecule is CCn1cc(NC2CC(C)(C)CC2C)ccc1=O. The molecule has 0 aromatic carbocycles. The van der Waals surface area contributed by atoms with Gasteiger partial charge in [-0.25, -0.2) is 0 Å². The summed E-state index contributed by atoms with van der Waals surface area (Å²) in [5, 5.41) is 3.59. The number of aryl methyl sites for hydroxylation is 1. The van der Waals surface area contributed by atoms with Crippen molar-refractivity contribution in [2.75, 3.05) is 5.32 Å². The van der Waals surface area contributed by atoms with Crippen molar-refractivity contribution in [2.45, 2.75) is 53.1 Å². The minimum Gasteiger partial charge on any atom is -0.381 e. The third-order valence-corrected chi connectivity index (χ3v) is 4.01. The van der Waals surface area contributed by atoms with Crippen LogP contribution >= 0.6 is 0 Å². The number of nitrogens with zero attached hydrogens (tertiary/aromatic N) is 1. The van der Waals surface area contributed by atoms with Crippen LogP contribution in [0.5, 0.6) is 0 Å². The molecular formula is C15H24N2O. The summed E-state index contributed by atoms with van der Waals surface area (Å²) in [6.45, 7) is 9.69. The molecule has 1 aliphatic rings. The molecule has 1 aromatic rings. The zero-order chi connectivity index (χ0) is 13.3. The lowest BCUT2D eigenvalue weighted by molar-refractivity contribution is 0.366. The number of aromatic nitrogens is 1. The zero-order valence-electron chi connectivity index (χ0n) is 11.9. The minimum atomic E-state index is 0.0721. The van der Waals surface area contributed by atoms with Gasteiger partial charge in [0.05, 0.1) is 5.69 Å². The first-order valence-electron chi connectivity index (χ1n) is 6.88. The summed E-state index contributed by atoms with van der Waals surface area (Å²) < 4.78 is 1.74. The van der Waals surface area contributed by atoms with Gasteiger partial charge in [-0.05, 0) is 37.2 Å². The van der Waals surface area contributed by atoms with Crippen LogP contribution in [0.25, 0.3) is 0 Å². The van der Waals surface area contributed by atoms with Gasteiger partial charge in [0.25, 0.3) is 5.56 Å². The Morgan fingerprint density at radius 1 is 1.39 bits per heavy atom. The number of anilines is 1. The van der Waals surface area contributed by atoms with Crippen molar-refractivity contribution in [3.05, 3.63) is 28.7 Å². The van der Waals surface area contributed by atoms with E-state index in [0.29, 0.717) is 17.4 Å². The monoisotopic (exact) mass is 248 g/mol. The summed E-state index contributed by atoms with van der Waals surface area (Å²) in [7, 11) is 0. The smallest absolute Gasteiger partial charge is 0.250 e. The number of nitrogens with one attached hydrogen (secondary N) is 1. The van der Waals surface area contributed by atoms with Crippen LogP contribution in [-0.4, -0.2) is 10.6 Å². The molecule has 1 aromatic heterocycles. The molecule has 0 bridgehead atoms. The van der Waals surface area contributed by atoms with E-state index in [-0.39, 0.29) is 5.56 Å². The second-order valence-corrected chi connectivity index (χ2v) is 6.34. The van der Waals surface area contributed by atoms with Crippen LogP contribution in [0.3, 0.4) is 0 Å². The van der Waals surface area contributed by atoms with Crippen molar-refractivity contribution >= 4 is 5.69 Å². The molecule has 0 saturated heterocycles. The summed E-state index contributed by atoms with van der Waals surface area (Å²) in [5.41, 5.74) is 1.56. The lowest BCUT2D eigenvalue weighted by atomic mass is 9.91. The van der Waals surface area contributed by atoms with Gasteiger partial charge in [0, 0.05) is 24.8 Å². The number of pyridine rings is 1. The van der Waals surface area contributed by atoms with Gasteiger partial charge in [0.1, 0.15) is 0 Å². The Labute approximate surface area is 109 Å². The fourth-order valence-corrected chi connectivity index (χ4v) is 3.16. The summed E-state index contributed by atoms with van der Waals surface area (Å²) in [5.74, 6) is 0.682. The standard InChI is InChI=1S/C15H24N2O/c1-5-17-10-12(6-7-14(17)18)16-13-9-15(3,4)8-11(13)2/h6-7,10-11,13,16H,5,8-9H2,1-4H3. The predicted molar refractivity (Wildman–Crippen MR) is 76.0 cm³/mol. The van der Waals surface area contributed by atoms with Gasteiger partial charge in [-0.15, -0.1) is 0 Å². The molecular weight excluding hydrogens is 224 g/mol. The van der Waals surface area contributed by atoms with E-state index in [9.17, 15) is 4.79 Å². The van der Waals surface area contributed by atoms with E-state index in [1.807, 2.05) is 19.2 Å². The van der Waals surface area contributed by atoms with E-state index in [0.717, 1.165) is 12.2 Å². The highest BCUT2D eigenvalue weighted by molar-refractivity contribution is 5.42. The Balaban J connectivity index is 2.13. The van der Waals surface area contributed by atoms with Gasteiger partial charge in [-0.2, -0.15) is 0 Å². The van der Waals surface area contributed by atoms with Crippen molar-refractivity contribution in [3.63, 3.8) is 0 Å². The van der Waals surface area contributed by atoms with Crippen LogP contribution < -0.4 is 10.9 Å². The Morgan fingerprint density at radius 2 is 2.11 bits per heavy atom. The van der Waals surface area contributed by atoms with Gasteiger partial charge in [0.2, 0.25) is 0 Å². The minimum absolute atomic E-state index is 0.0721. The fraction of sp³-hybridized carbons (Fsp3) is 0.667. The number of hydrogen-bond acceptors (Lipinski definition) is 2. The summed E-state index contributed by atoms with van der Waals surface area (Å²) in [4.78, 5) is 11.5. The maximum Gasteiger partial charge on any atom is 0.250 e. The maximum absolute atomic E-state index is 11.5. The van der Waals surface area contributed by atoms with Crippen molar-refractivity contribution in [1.29, 1.82) is 0 Å². The van der Waals surface area contributed by atoms with E-state index >= 15 is 0 Å². The fourth-order valence-electron chi connectivity index (χ4n) is 3.16. The zero-order valence-corrected chi connectivity index (χ0v) is 11.9. The second kappa shape index (κ2) is 4.79. The molecule has 1 saturated carbocycles. The Morgan fingerprint density at radius 3 is 2.67 bits per heavy atom. The van der Waals surface area contributed by atoms with Gasteiger partial charge in [-0.1, -0.05) is 20.8 Å². The molecule has 2 atom stereocenters. The van der Waals surface area contributed by atoms with Crippen molar-refractivity contribution < 1.29 is 0 Å². The highest BCUT2D eigenvalue weighted by atomic mass is 16.1. The molecule has 0 radical (unpaired) electrons. The molecule has 1 N–H and O–H groups in total. The van der Waals surface area contributed by atoms with E-state index in [2.05, 4.69) is 26.1 Å².